The summed E-state index contributed by atoms with van der Waals surface area (Å²) in [5.41, 5.74) is 5.56. The maximum Gasteiger partial charge on any atom is 0.335 e. The Kier molecular flexibility index (Phi) is 21.1. The number of halogens is 1. The van der Waals surface area contributed by atoms with E-state index in [1.54, 1.807) is 57.7 Å². The van der Waals surface area contributed by atoms with Crippen molar-refractivity contribution in [2.75, 3.05) is 89.2 Å². The van der Waals surface area contributed by atoms with Crippen LogP contribution in [0.1, 0.15) is 35.3 Å². The minimum Gasteiger partial charge on any atom is -0.480 e. The van der Waals surface area contributed by atoms with Gasteiger partial charge in [-0.2, -0.15) is 0 Å². The molecule has 10 N–H and O–H groups in total. The van der Waals surface area contributed by atoms with Gasteiger partial charge in [-0.3, -0.25) is 58.3 Å². The number of carboxylic acids is 4. The number of hydrogen-bond acceptors (Lipinski definition) is 14. The number of anilines is 2. The molecule has 0 saturated carbocycles. The van der Waals surface area contributed by atoms with Crippen molar-refractivity contribution < 1.29 is 89.1 Å². The molecule has 2 aromatic carbocycles. The van der Waals surface area contributed by atoms with E-state index in [0.717, 1.165) is 4.57 Å². The van der Waals surface area contributed by atoms with Crippen LogP contribution in [0, 0.1) is 45.3 Å². The smallest absolute Gasteiger partial charge is 0.335 e. The van der Waals surface area contributed by atoms with Crippen LogP contribution in [0.5, 0.6) is 0 Å². The molecule has 1 aliphatic heterocycles. The average Bonchev–Trinajstić information content (AvgIpc) is 3.19. The second kappa shape index (κ2) is 25.4. The molecule has 348 valence electrons. The third-order valence-electron chi connectivity index (χ3n) is 9.72. The quantitative estimate of drug-likeness (QED) is 0.0603. The molecule has 1 aliphatic rings. The predicted octanol–water partition coefficient (Wildman–Crippen LogP) is 0.0966. The Morgan fingerprint density at radius 3 is 1.66 bits per heavy atom. The fourth-order valence-corrected chi connectivity index (χ4v) is 6.98. The van der Waals surface area contributed by atoms with Crippen LogP contribution in [0.3, 0.4) is 0 Å². The van der Waals surface area contributed by atoms with Crippen molar-refractivity contribution in [3.05, 3.63) is 74.7 Å². The number of benzene rings is 2. The molecular weight excluding hydrogens is 1000 g/mol. The molecule has 1 saturated heterocycles. The first-order valence-electron chi connectivity index (χ1n) is 19.8. The van der Waals surface area contributed by atoms with Gasteiger partial charge >= 0.3 is 23.9 Å². The van der Waals surface area contributed by atoms with E-state index in [1.807, 2.05) is 0 Å². The Bertz CT molecular complexity index is 2210. The number of amidine groups is 1. The fraction of sp³-hybridized carbons (Fsp3) is 0.425. The van der Waals surface area contributed by atoms with Crippen LogP contribution >= 0.6 is 11.6 Å². The van der Waals surface area contributed by atoms with Crippen molar-refractivity contribution in [1.29, 1.82) is 5.41 Å². The number of carbonyl (C=O) groups excluding carboxylic acids is 2. The number of aromatic nitrogens is 2. The number of aromatic carboxylic acids is 1. The second-order valence-electron chi connectivity index (χ2n) is 15.1. The van der Waals surface area contributed by atoms with Gasteiger partial charge in [-0.05, 0) is 37.6 Å². The molecule has 1 aromatic heterocycles. The molecule has 1 fully saturated rings. The average molecular weight is 1060 g/mol. The van der Waals surface area contributed by atoms with E-state index < -0.39 is 47.8 Å². The van der Waals surface area contributed by atoms with Gasteiger partial charge in [0.15, 0.2) is 11.0 Å². The first-order chi connectivity index (χ1) is 29.8. The van der Waals surface area contributed by atoms with Gasteiger partial charge < -0.3 is 42.1 Å². The van der Waals surface area contributed by atoms with Crippen LogP contribution in [0.2, 0.25) is 5.15 Å². The first-order valence-corrected chi connectivity index (χ1v) is 20.2. The Morgan fingerprint density at radius 2 is 1.22 bits per heavy atom. The Labute approximate surface area is 404 Å². The predicted molar refractivity (Wildman–Crippen MR) is 231 cm³/mol. The van der Waals surface area contributed by atoms with E-state index in [4.69, 9.17) is 22.7 Å². The fourth-order valence-electron chi connectivity index (χ4n) is 6.68. The Morgan fingerprint density at radius 1 is 0.734 bits per heavy atom. The summed E-state index contributed by atoms with van der Waals surface area (Å²) in [4.78, 5) is 99.1. The third-order valence-corrected chi connectivity index (χ3v) is 9.98. The molecule has 0 unspecified atom stereocenters. The number of nitrogen functional groups attached to an aromatic ring is 1. The number of amides is 2. The first kappa shape index (κ1) is 53.2. The SMILES string of the molecule is CC(C)Nc1nc(Cl)c(-c2cc(NC(=O)CN3CCN(CC(=O)O)CCN(CC(=O)O)CCN(CC(=O)O)CC3)cc(C(=O)O)c2)n(CC(=O)NCc2ccc(C(=N)N)cc2)c1=O.[Gd]. The zero-order chi connectivity index (χ0) is 46.4. The van der Waals surface area contributed by atoms with E-state index in [-0.39, 0.29) is 170 Å². The van der Waals surface area contributed by atoms with Crippen molar-refractivity contribution in [2.45, 2.75) is 33.0 Å². The second-order valence-corrected chi connectivity index (χ2v) is 15.5. The number of nitrogens with zero attached hydrogens (tertiary/aromatic N) is 6. The van der Waals surface area contributed by atoms with Crippen LogP contribution in [0.25, 0.3) is 11.3 Å². The van der Waals surface area contributed by atoms with E-state index >= 15 is 0 Å². The minimum absolute atomic E-state index is 0. The summed E-state index contributed by atoms with van der Waals surface area (Å²) >= 11 is 6.71. The zero-order valence-corrected chi connectivity index (χ0v) is 38.2. The van der Waals surface area contributed by atoms with Gasteiger partial charge in [-0.1, -0.05) is 35.9 Å². The number of rotatable bonds is 18. The molecule has 22 nitrogen and oxygen atoms in total. The molecule has 0 atom stereocenters. The van der Waals surface area contributed by atoms with Crippen LogP contribution in [-0.2, 0) is 37.1 Å². The summed E-state index contributed by atoms with van der Waals surface area (Å²) < 4.78 is 1.05. The van der Waals surface area contributed by atoms with Gasteiger partial charge in [-0.25, -0.2) is 9.78 Å². The molecule has 2 amide bonds. The number of aliphatic carboxylic acids is 3. The molecular formula is C40H52ClGdN11O11. The van der Waals surface area contributed by atoms with Crippen molar-refractivity contribution in [1.82, 2.24) is 34.5 Å². The van der Waals surface area contributed by atoms with Gasteiger partial charge in [0.05, 0.1) is 37.4 Å². The van der Waals surface area contributed by atoms with Crippen LogP contribution < -0.4 is 27.2 Å². The number of nitrogens with two attached hydrogens (primary N) is 1. The molecule has 3 aromatic rings. The molecule has 0 radical (unpaired) electrons. The minimum atomic E-state index is -1.39. The van der Waals surface area contributed by atoms with Crippen molar-refractivity contribution in [3.63, 3.8) is 0 Å². The summed E-state index contributed by atoms with van der Waals surface area (Å²) in [5.74, 6) is -6.21. The van der Waals surface area contributed by atoms with Gasteiger partial charge in [0.25, 0.3) is 5.56 Å². The van der Waals surface area contributed by atoms with Gasteiger partial charge in [-0.15, -0.1) is 0 Å². The Hall–Kier alpha value is -5.14. The summed E-state index contributed by atoms with van der Waals surface area (Å²) in [6.45, 7) is 3.03. The van der Waals surface area contributed by atoms with Gasteiger partial charge in [0.1, 0.15) is 12.4 Å². The zero-order valence-electron chi connectivity index (χ0n) is 35.2. The van der Waals surface area contributed by atoms with Crippen molar-refractivity contribution in [3.8, 4) is 11.3 Å². The van der Waals surface area contributed by atoms with Crippen LogP contribution in [0.4, 0.5) is 11.5 Å². The van der Waals surface area contributed by atoms with Crippen molar-refractivity contribution >= 4 is 64.6 Å². The summed E-state index contributed by atoms with van der Waals surface area (Å²) in [5, 5.41) is 54.3. The maximum atomic E-state index is 13.9. The Balaban J connectivity index is 0.0000109. The molecule has 64 heavy (non-hydrogen) atoms. The van der Waals surface area contributed by atoms with Crippen LogP contribution in [-0.4, -0.2) is 176 Å². The summed E-state index contributed by atoms with van der Waals surface area (Å²) in [7, 11) is 0. The topological polar surface area (TPSA) is 317 Å². The third kappa shape index (κ3) is 17.1. The van der Waals surface area contributed by atoms with E-state index in [0.29, 0.717) is 11.1 Å². The van der Waals surface area contributed by atoms with Crippen molar-refractivity contribution in [2.24, 2.45) is 5.73 Å². The maximum absolute atomic E-state index is 13.9. The largest absolute Gasteiger partial charge is 0.480 e. The standard InChI is InChI=1S/C40H52ClN11O11.Gd/c1-24(2)45-38-39(61)52(20-30(53)44-18-25-3-5-26(6-4-25)37(42)43)35(36(41)47-38)27-15-28(40(62)63)17-29(16-27)46-31(54)19-48-7-9-49(21-32(55)56)11-13-51(23-34(59)60)14-12-50(10-8-48)22-33(57)58;/h3-6,15-17,24H,7-14,18-23H2,1-2H3,(H3,42,43)(H,44,53)(H,45,47)(H,46,54)(H,55,56)(H,57,58)(H,59,60)(H,62,63);. The number of carbonyl (C=O) groups is 6. The van der Waals surface area contributed by atoms with Gasteiger partial charge in [0.2, 0.25) is 11.8 Å². The molecule has 0 aliphatic carbocycles. The summed E-state index contributed by atoms with van der Waals surface area (Å²) in [6.07, 6.45) is 0. The van der Waals surface area contributed by atoms with E-state index in [9.17, 15) is 54.0 Å². The normalized spacial score (nSPS) is 14.6. The van der Waals surface area contributed by atoms with Gasteiger partial charge in [0, 0.05) is 122 Å². The molecule has 2 heterocycles. The number of nitrogens with one attached hydrogen (secondary N) is 4. The van der Waals surface area contributed by atoms with E-state index in [2.05, 4.69) is 20.9 Å². The molecule has 0 spiro atoms. The summed E-state index contributed by atoms with van der Waals surface area (Å²) in [6, 6.07) is 10.1. The molecule has 0 bridgehead atoms. The van der Waals surface area contributed by atoms with Crippen LogP contribution in [0.15, 0.2) is 47.3 Å². The monoisotopic (exact) mass is 1060 g/mol. The molecule has 4 rings (SSSR count). The number of carboxylic acid groups (broad SMARTS) is 4. The van der Waals surface area contributed by atoms with E-state index in [1.165, 1.54) is 18.2 Å². The number of hydrogen-bond donors (Lipinski definition) is 9. The molecule has 24 heteroatoms.